The molecular formula is C19H18FN3O. The molecule has 1 aliphatic carbocycles. The van der Waals surface area contributed by atoms with Crippen molar-refractivity contribution < 1.29 is 9.50 Å². The highest BCUT2D eigenvalue weighted by molar-refractivity contribution is 5.93. The Hall–Kier alpha value is -2.24. The molecule has 2 aromatic heterocycles. The van der Waals surface area contributed by atoms with Gasteiger partial charge in [0.1, 0.15) is 5.65 Å². The fourth-order valence-electron chi connectivity index (χ4n) is 4.34. The van der Waals surface area contributed by atoms with Gasteiger partial charge in [-0.2, -0.15) is 0 Å². The summed E-state index contributed by atoms with van der Waals surface area (Å²) in [5.74, 6) is -0.297. The van der Waals surface area contributed by atoms with Crippen molar-refractivity contribution in [2.24, 2.45) is 5.41 Å². The van der Waals surface area contributed by atoms with Crippen LogP contribution in [0.2, 0.25) is 0 Å². The van der Waals surface area contributed by atoms with Crippen molar-refractivity contribution in [2.75, 3.05) is 13.1 Å². The Morgan fingerprint density at radius 3 is 2.50 bits per heavy atom. The lowest BCUT2D eigenvalue weighted by Gasteiger charge is -2.59. The molecule has 122 valence electrons. The van der Waals surface area contributed by atoms with Crippen molar-refractivity contribution in [3.05, 3.63) is 54.1 Å². The van der Waals surface area contributed by atoms with Crippen LogP contribution in [0.5, 0.6) is 0 Å². The van der Waals surface area contributed by atoms with Gasteiger partial charge in [0.25, 0.3) is 0 Å². The number of aromatic amines is 1. The molecule has 5 heteroatoms. The van der Waals surface area contributed by atoms with E-state index in [9.17, 15) is 9.50 Å². The van der Waals surface area contributed by atoms with Crippen LogP contribution < -0.4 is 5.32 Å². The highest BCUT2D eigenvalue weighted by Gasteiger charge is 2.57. The number of pyridine rings is 1. The van der Waals surface area contributed by atoms with Crippen LogP contribution in [-0.2, 0) is 5.60 Å². The number of aliphatic hydroxyl groups is 1. The van der Waals surface area contributed by atoms with Gasteiger partial charge in [-0.3, -0.25) is 0 Å². The van der Waals surface area contributed by atoms with Gasteiger partial charge in [0.05, 0.1) is 11.0 Å². The van der Waals surface area contributed by atoms with Gasteiger partial charge >= 0.3 is 0 Å². The highest BCUT2D eigenvalue weighted by Crippen LogP contribution is 2.56. The zero-order chi connectivity index (χ0) is 16.4. The Bertz CT molecular complexity index is 919. The predicted molar refractivity (Wildman–Crippen MR) is 89.9 cm³/mol. The number of aromatic nitrogens is 2. The molecule has 1 aromatic carbocycles. The monoisotopic (exact) mass is 323 g/mol. The minimum atomic E-state index is -0.715. The normalized spacial score (nSPS) is 20.8. The molecule has 1 spiro atoms. The second-order valence-electron chi connectivity index (χ2n) is 7.28. The first-order chi connectivity index (χ1) is 11.6. The number of rotatable bonds is 2. The van der Waals surface area contributed by atoms with Gasteiger partial charge in [-0.1, -0.05) is 24.3 Å². The smallest absolute Gasteiger partial charge is 0.150 e. The van der Waals surface area contributed by atoms with Crippen molar-refractivity contribution in [1.29, 1.82) is 0 Å². The van der Waals surface area contributed by atoms with Crippen molar-refractivity contribution in [1.82, 2.24) is 15.3 Å². The standard InChI is InChI=1S/C19H18FN3O/c20-15-7-23-17-16(15)14(5-6-22-17)12-1-3-13(4-2-12)19(24)8-18(9-19)10-21-11-18/h1-7,21,24H,8-11H2,(H,22,23). The average Bonchev–Trinajstić information content (AvgIpc) is 2.92. The summed E-state index contributed by atoms with van der Waals surface area (Å²) < 4.78 is 14.0. The number of halogens is 1. The first kappa shape index (κ1) is 14.1. The molecule has 1 saturated carbocycles. The van der Waals surface area contributed by atoms with Crippen molar-refractivity contribution in [2.45, 2.75) is 18.4 Å². The largest absolute Gasteiger partial charge is 0.385 e. The quantitative estimate of drug-likeness (QED) is 0.679. The van der Waals surface area contributed by atoms with Crippen LogP contribution in [-0.4, -0.2) is 28.2 Å². The van der Waals surface area contributed by atoms with E-state index in [-0.39, 0.29) is 5.82 Å². The zero-order valence-corrected chi connectivity index (χ0v) is 13.1. The van der Waals surface area contributed by atoms with Crippen LogP contribution >= 0.6 is 0 Å². The van der Waals surface area contributed by atoms with Gasteiger partial charge < -0.3 is 15.4 Å². The number of nitrogens with zero attached hydrogens (tertiary/aromatic N) is 1. The summed E-state index contributed by atoms with van der Waals surface area (Å²) in [7, 11) is 0. The maximum Gasteiger partial charge on any atom is 0.150 e. The van der Waals surface area contributed by atoms with Crippen molar-refractivity contribution >= 4 is 11.0 Å². The third-order valence-electron chi connectivity index (χ3n) is 5.59. The Kier molecular flexibility index (Phi) is 2.74. The summed E-state index contributed by atoms with van der Waals surface area (Å²) in [6.07, 6.45) is 4.64. The summed E-state index contributed by atoms with van der Waals surface area (Å²) in [6, 6.07) is 9.66. The maximum atomic E-state index is 14.0. The SMILES string of the molecule is OC1(c2ccc(-c3ccnc4[nH]cc(F)c34)cc2)CC2(CNC2)C1. The van der Waals surface area contributed by atoms with Crippen molar-refractivity contribution in [3.63, 3.8) is 0 Å². The molecule has 3 heterocycles. The number of hydrogen-bond donors (Lipinski definition) is 3. The summed E-state index contributed by atoms with van der Waals surface area (Å²) in [4.78, 5) is 7.00. The number of H-pyrrole nitrogens is 1. The second kappa shape index (κ2) is 4.65. The van der Waals surface area contributed by atoms with E-state index in [0.29, 0.717) is 16.4 Å². The van der Waals surface area contributed by atoms with E-state index in [2.05, 4.69) is 15.3 Å². The van der Waals surface area contributed by atoms with Gasteiger partial charge in [-0.15, -0.1) is 0 Å². The van der Waals surface area contributed by atoms with Gasteiger partial charge in [0.2, 0.25) is 0 Å². The van der Waals surface area contributed by atoms with Crippen LogP contribution in [0, 0.1) is 11.2 Å². The fourth-order valence-corrected chi connectivity index (χ4v) is 4.34. The van der Waals surface area contributed by atoms with Gasteiger partial charge in [0.15, 0.2) is 5.82 Å². The molecule has 2 fully saturated rings. The zero-order valence-electron chi connectivity index (χ0n) is 13.1. The Labute approximate surface area is 138 Å². The first-order valence-electron chi connectivity index (χ1n) is 8.24. The predicted octanol–water partition coefficient (Wildman–Crippen LogP) is 2.94. The Morgan fingerprint density at radius 1 is 1.08 bits per heavy atom. The Balaban J connectivity index is 1.49. The lowest BCUT2D eigenvalue weighted by molar-refractivity contribution is -0.155. The minimum Gasteiger partial charge on any atom is -0.385 e. The third kappa shape index (κ3) is 1.88. The number of fused-ring (bicyclic) bond motifs is 1. The molecular weight excluding hydrogens is 305 g/mol. The summed E-state index contributed by atoms with van der Waals surface area (Å²) in [5, 5.41) is 14.6. The number of hydrogen-bond acceptors (Lipinski definition) is 3. The number of benzene rings is 1. The summed E-state index contributed by atoms with van der Waals surface area (Å²) >= 11 is 0. The van der Waals surface area contributed by atoms with Crippen LogP contribution in [0.3, 0.4) is 0 Å². The van der Waals surface area contributed by atoms with E-state index in [1.165, 1.54) is 6.20 Å². The van der Waals surface area contributed by atoms with Gasteiger partial charge in [-0.25, -0.2) is 9.37 Å². The molecule has 2 aliphatic rings. The maximum absolute atomic E-state index is 14.0. The first-order valence-corrected chi connectivity index (χ1v) is 8.24. The molecule has 3 aromatic rings. The van der Waals surface area contributed by atoms with E-state index < -0.39 is 5.60 Å². The van der Waals surface area contributed by atoms with Gasteiger partial charge in [0, 0.05) is 30.9 Å². The molecule has 0 radical (unpaired) electrons. The number of nitrogens with one attached hydrogen (secondary N) is 2. The molecule has 0 unspecified atom stereocenters. The van der Waals surface area contributed by atoms with E-state index in [4.69, 9.17) is 0 Å². The molecule has 3 N–H and O–H groups in total. The molecule has 1 saturated heterocycles. The van der Waals surface area contributed by atoms with E-state index in [1.54, 1.807) is 6.20 Å². The highest BCUT2D eigenvalue weighted by atomic mass is 19.1. The second-order valence-corrected chi connectivity index (χ2v) is 7.28. The molecule has 1 aliphatic heterocycles. The molecule has 4 nitrogen and oxygen atoms in total. The third-order valence-corrected chi connectivity index (χ3v) is 5.59. The fraction of sp³-hybridized carbons (Fsp3) is 0.316. The van der Waals surface area contributed by atoms with Crippen molar-refractivity contribution in [3.8, 4) is 11.1 Å². The van der Waals surface area contributed by atoms with Crippen LogP contribution in [0.1, 0.15) is 18.4 Å². The molecule has 24 heavy (non-hydrogen) atoms. The Morgan fingerprint density at radius 2 is 1.83 bits per heavy atom. The van der Waals surface area contributed by atoms with E-state index in [0.717, 1.165) is 42.6 Å². The molecule has 5 rings (SSSR count). The summed E-state index contributed by atoms with van der Waals surface area (Å²) in [6.45, 7) is 2.02. The molecule has 0 atom stereocenters. The molecule has 0 bridgehead atoms. The summed E-state index contributed by atoms with van der Waals surface area (Å²) in [5.41, 5.74) is 2.82. The van der Waals surface area contributed by atoms with E-state index in [1.807, 2.05) is 30.3 Å². The molecule has 0 amide bonds. The lowest BCUT2D eigenvalue weighted by atomic mass is 9.54. The average molecular weight is 323 g/mol. The van der Waals surface area contributed by atoms with Crippen LogP contribution in [0.4, 0.5) is 4.39 Å². The van der Waals surface area contributed by atoms with E-state index >= 15 is 0 Å². The van der Waals surface area contributed by atoms with Gasteiger partial charge in [-0.05, 0) is 35.6 Å². The van der Waals surface area contributed by atoms with Crippen LogP contribution in [0.15, 0.2) is 42.7 Å². The van der Waals surface area contributed by atoms with Crippen LogP contribution in [0.25, 0.3) is 22.2 Å². The topological polar surface area (TPSA) is 60.9 Å². The lowest BCUT2D eigenvalue weighted by Crippen LogP contribution is -2.65. The minimum absolute atomic E-state index is 0.297.